The van der Waals surface area contributed by atoms with Gasteiger partial charge in [-0.2, -0.15) is 0 Å². The van der Waals surface area contributed by atoms with Crippen LogP contribution in [0.15, 0.2) is 46.2 Å². The molecule has 10 nitrogen and oxygen atoms in total. The maximum Gasteiger partial charge on any atom is 0.332 e. The molecule has 0 bridgehead atoms. The van der Waals surface area contributed by atoms with E-state index in [0.29, 0.717) is 0 Å². The minimum atomic E-state index is -0.667. The van der Waals surface area contributed by atoms with Crippen molar-refractivity contribution < 1.29 is 9.59 Å². The van der Waals surface area contributed by atoms with E-state index in [1.54, 1.807) is 12.1 Å². The second-order valence-electron chi connectivity index (χ2n) is 5.42. The fourth-order valence-electron chi connectivity index (χ4n) is 2.34. The van der Waals surface area contributed by atoms with Crippen molar-refractivity contribution in [2.24, 2.45) is 14.1 Å². The van der Waals surface area contributed by atoms with Crippen LogP contribution in [0.3, 0.4) is 0 Å². The van der Waals surface area contributed by atoms with Crippen molar-refractivity contribution >= 4 is 22.8 Å². The summed E-state index contributed by atoms with van der Waals surface area (Å²) >= 11 is 0. The Hall–Kier alpha value is -3.82. The van der Waals surface area contributed by atoms with Crippen molar-refractivity contribution in [2.75, 3.05) is 0 Å². The fourth-order valence-corrected chi connectivity index (χ4v) is 2.34. The molecular formula is C16H14N6O4. The first-order chi connectivity index (χ1) is 12.4. The lowest BCUT2D eigenvalue weighted by molar-refractivity contribution is 0.0844. The van der Waals surface area contributed by atoms with Crippen LogP contribution in [0.1, 0.15) is 20.8 Å². The number of aromatic nitrogens is 4. The minimum Gasteiger partial charge on any atom is -0.280 e. The Balaban J connectivity index is 1.86. The Labute approximate surface area is 146 Å². The van der Waals surface area contributed by atoms with Gasteiger partial charge in [-0.3, -0.25) is 39.4 Å². The van der Waals surface area contributed by atoms with Gasteiger partial charge in [-0.25, -0.2) is 9.78 Å². The van der Waals surface area contributed by atoms with Crippen LogP contribution in [0.4, 0.5) is 0 Å². The molecule has 132 valence electrons. The van der Waals surface area contributed by atoms with Gasteiger partial charge in [0.2, 0.25) is 0 Å². The molecule has 3 rings (SSSR count). The Kier molecular flexibility index (Phi) is 4.31. The Morgan fingerprint density at radius 3 is 2.42 bits per heavy atom. The summed E-state index contributed by atoms with van der Waals surface area (Å²) in [5.41, 5.74) is 3.71. The number of hydrogen-bond donors (Lipinski definition) is 2. The van der Waals surface area contributed by atoms with E-state index < -0.39 is 23.1 Å². The van der Waals surface area contributed by atoms with E-state index in [-0.39, 0.29) is 22.3 Å². The topological polar surface area (TPSA) is 128 Å². The Bertz CT molecular complexity index is 1130. The average Bonchev–Trinajstić information content (AvgIpc) is 2.68. The summed E-state index contributed by atoms with van der Waals surface area (Å²) in [6.07, 6.45) is 2.66. The maximum absolute atomic E-state index is 12.2. The van der Waals surface area contributed by atoms with Crippen LogP contribution >= 0.6 is 0 Å². The van der Waals surface area contributed by atoms with E-state index in [4.69, 9.17) is 0 Å². The van der Waals surface area contributed by atoms with Crippen LogP contribution in [0.2, 0.25) is 0 Å². The molecule has 0 fully saturated rings. The van der Waals surface area contributed by atoms with Gasteiger partial charge in [-0.15, -0.1) is 0 Å². The number of aryl methyl sites for hydroxylation is 1. The first kappa shape index (κ1) is 17.0. The Morgan fingerprint density at radius 1 is 1.00 bits per heavy atom. The van der Waals surface area contributed by atoms with E-state index in [9.17, 15) is 19.2 Å². The highest BCUT2D eigenvalue weighted by atomic mass is 16.2. The van der Waals surface area contributed by atoms with Crippen LogP contribution in [-0.2, 0) is 14.1 Å². The zero-order valence-corrected chi connectivity index (χ0v) is 13.9. The molecule has 0 aliphatic rings. The van der Waals surface area contributed by atoms with Gasteiger partial charge in [0, 0.05) is 26.5 Å². The van der Waals surface area contributed by atoms with Crippen molar-refractivity contribution in [3.8, 4) is 0 Å². The highest BCUT2D eigenvalue weighted by Gasteiger charge is 2.14. The van der Waals surface area contributed by atoms with E-state index >= 15 is 0 Å². The van der Waals surface area contributed by atoms with Crippen molar-refractivity contribution in [3.63, 3.8) is 0 Å². The highest BCUT2D eigenvalue weighted by molar-refractivity contribution is 5.99. The minimum absolute atomic E-state index is 0.0505. The standard InChI is InChI=1S/C16H14N6O4/c1-21-12-10(15(25)22(2)16(21)26)7-9(8-18-12)13(23)19-20-14(24)11-5-3-4-6-17-11/h3-8H,1-2H3,(H,19,23)(H,20,24). The second kappa shape index (κ2) is 6.59. The van der Waals surface area contributed by atoms with E-state index in [1.807, 2.05) is 0 Å². The van der Waals surface area contributed by atoms with Crippen molar-refractivity contribution in [1.82, 2.24) is 30.0 Å². The molecule has 0 spiro atoms. The zero-order valence-electron chi connectivity index (χ0n) is 13.9. The molecule has 2 N–H and O–H groups in total. The third-order valence-corrected chi connectivity index (χ3v) is 3.74. The fraction of sp³-hybridized carbons (Fsp3) is 0.125. The number of pyridine rings is 2. The van der Waals surface area contributed by atoms with Gasteiger partial charge in [0.1, 0.15) is 11.3 Å². The normalized spacial score (nSPS) is 10.5. The van der Waals surface area contributed by atoms with Crippen molar-refractivity contribution in [2.45, 2.75) is 0 Å². The number of carbonyl (C=O) groups excluding carboxylic acids is 2. The lowest BCUT2D eigenvalue weighted by Gasteiger charge is -2.09. The number of hydrazine groups is 1. The second-order valence-corrected chi connectivity index (χ2v) is 5.42. The molecule has 0 atom stereocenters. The lowest BCUT2D eigenvalue weighted by atomic mass is 10.2. The van der Waals surface area contributed by atoms with Gasteiger partial charge in [0.15, 0.2) is 0 Å². The monoisotopic (exact) mass is 354 g/mol. The number of nitrogens with one attached hydrogen (secondary N) is 2. The number of fused-ring (bicyclic) bond motifs is 1. The smallest absolute Gasteiger partial charge is 0.280 e. The van der Waals surface area contributed by atoms with Crippen LogP contribution < -0.4 is 22.1 Å². The van der Waals surface area contributed by atoms with Gasteiger partial charge >= 0.3 is 5.69 Å². The third kappa shape index (κ3) is 2.95. The summed E-state index contributed by atoms with van der Waals surface area (Å²) in [5, 5.41) is 0.110. The van der Waals surface area contributed by atoms with Crippen molar-refractivity contribution in [3.05, 3.63) is 68.8 Å². The predicted octanol–water partition coefficient (Wildman–Crippen LogP) is -0.898. The molecular weight excluding hydrogens is 340 g/mol. The molecule has 0 unspecified atom stereocenters. The summed E-state index contributed by atoms with van der Waals surface area (Å²) in [5.74, 6) is -1.26. The quantitative estimate of drug-likeness (QED) is 0.574. The first-order valence-electron chi connectivity index (χ1n) is 7.47. The average molecular weight is 354 g/mol. The lowest BCUT2D eigenvalue weighted by Crippen LogP contribution is -2.42. The molecule has 3 aromatic heterocycles. The van der Waals surface area contributed by atoms with E-state index in [2.05, 4.69) is 20.8 Å². The molecule has 0 radical (unpaired) electrons. The molecule has 0 aliphatic heterocycles. The summed E-state index contributed by atoms with van der Waals surface area (Å²) in [6, 6.07) is 6.09. The molecule has 10 heteroatoms. The zero-order chi connectivity index (χ0) is 18.8. The largest absolute Gasteiger partial charge is 0.332 e. The predicted molar refractivity (Wildman–Crippen MR) is 91.4 cm³/mol. The van der Waals surface area contributed by atoms with Gasteiger partial charge < -0.3 is 0 Å². The number of carbonyl (C=O) groups is 2. The molecule has 3 aromatic rings. The van der Waals surface area contributed by atoms with Gasteiger partial charge in [-0.05, 0) is 18.2 Å². The maximum atomic E-state index is 12.2. The van der Waals surface area contributed by atoms with Crippen molar-refractivity contribution in [1.29, 1.82) is 0 Å². The first-order valence-corrected chi connectivity index (χ1v) is 7.47. The van der Waals surface area contributed by atoms with Gasteiger partial charge in [-0.1, -0.05) is 6.07 Å². The van der Waals surface area contributed by atoms with Crippen LogP contribution in [0.5, 0.6) is 0 Å². The number of hydrogen-bond acceptors (Lipinski definition) is 6. The summed E-state index contributed by atoms with van der Waals surface area (Å²) in [4.78, 5) is 56.1. The van der Waals surface area contributed by atoms with Crippen LogP contribution in [0.25, 0.3) is 11.0 Å². The molecule has 26 heavy (non-hydrogen) atoms. The molecule has 3 heterocycles. The molecule has 0 aliphatic carbocycles. The highest BCUT2D eigenvalue weighted by Crippen LogP contribution is 2.07. The molecule has 0 aromatic carbocycles. The van der Waals surface area contributed by atoms with Crippen LogP contribution in [-0.4, -0.2) is 30.9 Å². The van der Waals surface area contributed by atoms with Gasteiger partial charge in [0.05, 0.1) is 10.9 Å². The number of rotatable bonds is 2. The van der Waals surface area contributed by atoms with E-state index in [0.717, 1.165) is 4.57 Å². The summed E-state index contributed by atoms with van der Waals surface area (Å²) in [6.45, 7) is 0. The number of amides is 2. The molecule has 0 saturated carbocycles. The van der Waals surface area contributed by atoms with Crippen LogP contribution in [0, 0.1) is 0 Å². The van der Waals surface area contributed by atoms with E-state index in [1.165, 1.54) is 43.2 Å². The number of nitrogens with zero attached hydrogens (tertiary/aromatic N) is 4. The Morgan fingerprint density at radius 2 is 1.73 bits per heavy atom. The molecule has 0 saturated heterocycles. The third-order valence-electron chi connectivity index (χ3n) is 3.74. The van der Waals surface area contributed by atoms with Gasteiger partial charge in [0.25, 0.3) is 17.4 Å². The SMILES string of the molecule is Cn1c(=O)c2cc(C(=O)NNC(=O)c3ccccn3)cnc2n(C)c1=O. The molecule has 2 amide bonds. The summed E-state index contributed by atoms with van der Waals surface area (Å²) in [7, 11) is 2.81. The summed E-state index contributed by atoms with van der Waals surface area (Å²) < 4.78 is 2.13.